The highest BCUT2D eigenvalue weighted by Gasteiger charge is 2.36. The molecule has 0 N–H and O–H groups in total. The van der Waals surface area contributed by atoms with Crippen molar-refractivity contribution < 1.29 is 13.2 Å². The van der Waals surface area contributed by atoms with Crippen molar-refractivity contribution >= 4 is 21.7 Å². The summed E-state index contributed by atoms with van der Waals surface area (Å²) in [6, 6.07) is 2.41. The standard InChI is InChI=1S/C11H12BrF3N2/c12-8-3-6-17(7-4-8)10-9(11(13,14)15)2-1-5-16-10/h1-2,5,8H,3-4,6-7H2. The van der Waals surface area contributed by atoms with Crippen molar-refractivity contribution in [2.75, 3.05) is 18.0 Å². The van der Waals surface area contributed by atoms with E-state index in [1.165, 1.54) is 12.3 Å². The number of pyridine rings is 1. The maximum atomic E-state index is 12.8. The van der Waals surface area contributed by atoms with Gasteiger partial charge in [-0.25, -0.2) is 4.98 Å². The summed E-state index contributed by atoms with van der Waals surface area (Å²) in [5.41, 5.74) is -0.645. The van der Waals surface area contributed by atoms with E-state index in [2.05, 4.69) is 20.9 Å². The molecule has 2 nitrogen and oxygen atoms in total. The van der Waals surface area contributed by atoms with Crippen LogP contribution in [0, 0.1) is 0 Å². The zero-order chi connectivity index (χ0) is 12.5. The van der Waals surface area contributed by atoms with E-state index < -0.39 is 11.7 Å². The Bertz CT molecular complexity index is 387. The zero-order valence-electron chi connectivity index (χ0n) is 9.04. The molecule has 1 aromatic heterocycles. The Kier molecular flexibility index (Phi) is 3.61. The molecule has 17 heavy (non-hydrogen) atoms. The second-order valence-corrected chi connectivity index (χ2v) is 5.33. The van der Waals surface area contributed by atoms with Gasteiger partial charge in [-0.1, -0.05) is 15.9 Å². The first-order valence-electron chi connectivity index (χ1n) is 5.39. The van der Waals surface area contributed by atoms with Crippen LogP contribution in [0.25, 0.3) is 0 Å². The number of alkyl halides is 4. The molecule has 0 radical (unpaired) electrons. The summed E-state index contributed by atoms with van der Waals surface area (Å²) in [5, 5.41) is 0. The summed E-state index contributed by atoms with van der Waals surface area (Å²) >= 11 is 3.48. The van der Waals surface area contributed by atoms with Crippen molar-refractivity contribution in [3.63, 3.8) is 0 Å². The molecule has 0 atom stereocenters. The van der Waals surface area contributed by atoms with Crippen molar-refractivity contribution in [2.24, 2.45) is 0 Å². The third-order valence-electron chi connectivity index (χ3n) is 2.82. The van der Waals surface area contributed by atoms with E-state index in [1.807, 2.05) is 0 Å². The van der Waals surface area contributed by atoms with Crippen LogP contribution in [0.1, 0.15) is 18.4 Å². The maximum absolute atomic E-state index is 12.8. The summed E-state index contributed by atoms with van der Waals surface area (Å²) in [6.07, 6.45) is -1.25. The van der Waals surface area contributed by atoms with Crippen molar-refractivity contribution in [3.05, 3.63) is 23.9 Å². The molecule has 2 heterocycles. The average Bonchev–Trinajstić information content (AvgIpc) is 2.29. The lowest BCUT2D eigenvalue weighted by molar-refractivity contribution is -0.137. The summed E-state index contributed by atoms with van der Waals surface area (Å²) in [6.45, 7) is 1.21. The fraction of sp³-hybridized carbons (Fsp3) is 0.545. The molecule has 0 saturated carbocycles. The van der Waals surface area contributed by atoms with Gasteiger partial charge in [0.25, 0.3) is 0 Å². The van der Waals surface area contributed by atoms with Crippen molar-refractivity contribution in [1.29, 1.82) is 0 Å². The normalized spacial score (nSPS) is 18.5. The van der Waals surface area contributed by atoms with Gasteiger partial charge in [-0.15, -0.1) is 0 Å². The minimum absolute atomic E-state index is 0.0550. The topological polar surface area (TPSA) is 16.1 Å². The number of aromatic nitrogens is 1. The van der Waals surface area contributed by atoms with E-state index in [9.17, 15) is 13.2 Å². The number of anilines is 1. The number of nitrogens with zero attached hydrogens (tertiary/aromatic N) is 2. The Balaban J connectivity index is 2.26. The molecule has 0 aliphatic carbocycles. The highest BCUT2D eigenvalue weighted by atomic mass is 79.9. The van der Waals surface area contributed by atoms with E-state index in [-0.39, 0.29) is 5.82 Å². The zero-order valence-corrected chi connectivity index (χ0v) is 10.6. The van der Waals surface area contributed by atoms with Crippen LogP contribution in [0.2, 0.25) is 0 Å². The molecule has 0 unspecified atom stereocenters. The molecule has 0 spiro atoms. The van der Waals surface area contributed by atoms with E-state index in [4.69, 9.17) is 0 Å². The van der Waals surface area contributed by atoms with E-state index >= 15 is 0 Å². The van der Waals surface area contributed by atoms with Crippen LogP contribution in [0.3, 0.4) is 0 Å². The van der Waals surface area contributed by atoms with Gasteiger partial charge >= 0.3 is 6.18 Å². The molecular formula is C11H12BrF3N2. The van der Waals surface area contributed by atoms with Gasteiger partial charge in [-0.2, -0.15) is 13.2 Å². The molecule has 0 amide bonds. The Hall–Kier alpha value is -0.780. The van der Waals surface area contributed by atoms with Crippen molar-refractivity contribution in [1.82, 2.24) is 4.98 Å². The van der Waals surface area contributed by atoms with Gasteiger partial charge in [0.15, 0.2) is 0 Å². The molecule has 1 aliphatic rings. The average molecular weight is 309 g/mol. The molecule has 1 aromatic rings. The van der Waals surface area contributed by atoms with Crippen LogP contribution < -0.4 is 4.90 Å². The first kappa shape index (κ1) is 12.7. The second kappa shape index (κ2) is 4.84. The van der Waals surface area contributed by atoms with Crippen LogP contribution in [0.5, 0.6) is 0 Å². The molecular weight excluding hydrogens is 297 g/mol. The highest BCUT2D eigenvalue weighted by molar-refractivity contribution is 9.09. The quantitative estimate of drug-likeness (QED) is 0.739. The van der Waals surface area contributed by atoms with Crippen molar-refractivity contribution in [2.45, 2.75) is 23.8 Å². The van der Waals surface area contributed by atoms with Gasteiger partial charge in [0.2, 0.25) is 0 Å². The predicted octanol–water partition coefficient (Wildman–Crippen LogP) is 3.46. The predicted molar refractivity (Wildman–Crippen MR) is 63.4 cm³/mol. The molecule has 94 valence electrons. The molecule has 2 rings (SSSR count). The largest absolute Gasteiger partial charge is 0.419 e. The lowest BCUT2D eigenvalue weighted by atomic mass is 10.1. The van der Waals surface area contributed by atoms with Crippen molar-refractivity contribution in [3.8, 4) is 0 Å². The highest BCUT2D eigenvalue weighted by Crippen LogP contribution is 2.36. The van der Waals surface area contributed by atoms with Gasteiger partial charge in [0.05, 0.1) is 5.56 Å². The van der Waals surface area contributed by atoms with Gasteiger partial charge in [0, 0.05) is 24.1 Å². The van der Waals surface area contributed by atoms with Gasteiger partial charge in [-0.3, -0.25) is 0 Å². The Morgan fingerprint density at radius 1 is 1.29 bits per heavy atom. The molecule has 1 saturated heterocycles. The monoisotopic (exact) mass is 308 g/mol. The Morgan fingerprint density at radius 3 is 2.53 bits per heavy atom. The third kappa shape index (κ3) is 2.91. The van der Waals surface area contributed by atoms with Gasteiger partial charge in [-0.05, 0) is 25.0 Å². The summed E-state index contributed by atoms with van der Waals surface area (Å²) in [4.78, 5) is 5.99. The summed E-state index contributed by atoms with van der Waals surface area (Å²) in [5.74, 6) is 0.0550. The number of rotatable bonds is 1. The Labute approximate surface area is 106 Å². The summed E-state index contributed by atoms with van der Waals surface area (Å²) in [7, 11) is 0. The van der Waals surface area contributed by atoms with Gasteiger partial charge < -0.3 is 4.90 Å². The number of hydrogen-bond acceptors (Lipinski definition) is 2. The molecule has 0 bridgehead atoms. The van der Waals surface area contributed by atoms with E-state index in [0.29, 0.717) is 17.9 Å². The minimum Gasteiger partial charge on any atom is -0.356 e. The fourth-order valence-electron chi connectivity index (χ4n) is 1.93. The molecule has 0 aromatic carbocycles. The Morgan fingerprint density at radius 2 is 1.94 bits per heavy atom. The van der Waals surface area contributed by atoms with Crippen LogP contribution in [-0.4, -0.2) is 22.9 Å². The first-order chi connectivity index (χ1) is 7.98. The van der Waals surface area contributed by atoms with E-state index in [0.717, 1.165) is 18.9 Å². The smallest absolute Gasteiger partial charge is 0.356 e. The number of hydrogen-bond donors (Lipinski definition) is 0. The van der Waals surface area contributed by atoms with Crippen LogP contribution >= 0.6 is 15.9 Å². The SMILES string of the molecule is FC(F)(F)c1cccnc1N1CCC(Br)CC1. The first-order valence-corrected chi connectivity index (χ1v) is 6.31. The number of piperidine rings is 1. The van der Waals surface area contributed by atoms with Crippen LogP contribution in [0.4, 0.5) is 19.0 Å². The molecule has 6 heteroatoms. The second-order valence-electron chi connectivity index (χ2n) is 4.03. The third-order valence-corrected chi connectivity index (χ3v) is 3.73. The summed E-state index contributed by atoms with van der Waals surface area (Å²) < 4.78 is 38.4. The van der Waals surface area contributed by atoms with Crippen LogP contribution in [-0.2, 0) is 6.18 Å². The van der Waals surface area contributed by atoms with Gasteiger partial charge in [0.1, 0.15) is 5.82 Å². The van der Waals surface area contributed by atoms with Crippen LogP contribution in [0.15, 0.2) is 18.3 Å². The fourth-order valence-corrected chi connectivity index (χ4v) is 2.34. The van der Waals surface area contributed by atoms with E-state index in [1.54, 1.807) is 4.90 Å². The lowest BCUT2D eigenvalue weighted by Crippen LogP contribution is -2.35. The molecule has 1 fully saturated rings. The minimum atomic E-state index is -4.34. The molecule has 1 aliphatic heterocycles. The number of halogens is 4. The maximum Gasteiger partial charge on any atom is 0.419 e. The lowest BCUT2D eigenvalue weighted by Gasteiger charge is -2.31.